The van der Waals surface area contributed by atoms with Gasteiger partial charge in [0.05, 0.1) is 12.1 Å². The van der Waals surface area contributed by atoms with E-state index in [1.54, 1.807) is 35.4 Å². The summed E-state index contributed by atoms with van der Waals surface area (Å²) in [6.45, 7) is -0.151. The Bertz CT molecular complexity index is 747. The van der Waals surface area contributed by atoms with Crippen molar-refractivity contribution in [3.63, 3.8) is 0 Å². The molecule has 0 spiro atoms. The molecule has 2 aromatic rings. The zero-order valence-corrected chi connectivity index (χ0v) is 13.4. The van der Waals surface area contributed by atoms with Crippen molar-refractivity contribution in [3.8, 4) is 0 Å². The molecule has 3 N–H and O–H groups in total. The number of benzene rings is 1. The minimum atomic E-state index is -4.75. The van der Waals surface area contributed by atoms with Gasteiger partial charge in [0.25, 0.3) is 0 Å². The van der Waals surface area contributed by atoms with Gasteiger partial charge in [-0.25, -0.2) is 4.79 Å². The summed E-state index contributed by atoms with van der Waals surface area (Å²) in [5.41, 5.74) is -0.930. The molecule has 0 fully saturated rings. The highest BCUT2D eigenvalue weighted by molar-refractivity contribution is 5.76. The summed E-state index contributed by atoms with van der Waals surface area (Å²) in [6.07, 6.45) is -4.96. The van der Waals surface area contributed by atoms with E-state index in [1.165, 1.54) is 0 Å². The first-order chi connectivity index (χ1) is 12.3. The van der Waals surface area contributed by atoms with Gasteiger partial charge < -0.3 is 15.2 Å². The summed E-state index contributed by atoms with van der Waals surface area (Å²) in [5, 5.41) is 16.6. The van der Waals surface area contributed by atoms with Crippen LogP contribution in [0.2, 0.25) is 0 Å². The number of nitrogens with zero attached hydrogens (tertiary/aromatic N) is 1. The van der Waals surface area contributed by atoms with Gasteiger partial charge in [-0.05, 0) is 12.0 Å². The number of H-pyrrole nitrogens is 1. The Balaban J connectivity index is 1.88. The number of carboxylic acids is 1. The van der Waals surface area contributed by atoms with Crippen LogP contribution in [0, 0.1) is 0 Å². The van der Waals surface area contributed by atoms with E-state index in [2.05, 4.69) is 10.4 Å². The van der Waals surface area contributed by atoms with Gasteiger partial charge in [-0.15, -0.1) is 0 Å². The Morgan fingerprint density at radius 3 is 2.58 bits per heavy atom. The maximum absolute atomic E-state index is 12.9. The number of alkyl carbamates (subject to hydrolysis) is 1. The van der Waals surface area contributed by atoms with E-state index < -0.39 is 35.4 Å². The van der Waals surface area contributed by atoms with Crippen LogP contribution in [0.5, 0.6) is 0 Å². The van der Waals surface area contributed by atoms with E-state index in [0.717, 1.165) is 11.8 Å². The third-order valence-electron chi connectivity index (χ3n) is 3.54. The van der Waals surface area contributed by atoms with Crippen molar-refractivity contribution < 1.29 is 32.6 Å². The predicted molar refractivity (Wildman–Crippen MR) is 83.2 cm³/mol. The highest BCUT2D eigenvalue weighted by Crippen LogP contribution is 2.34. The zero-order chi connectivity index (χ0) is 19.2. The Morgan fingerprint density at radius 1 is 1.27 bits per heavy atom. The molecule has 1 amide bonds. The van der Waals surface area contributed by atoms with Gasteiger partial charge in [-0.1, -0.05) is 30.3 Å². The molecule has 0 bridgehead atoms. The van der Waals surface area contributed by atoms with Gasteiger partial charge >= 0.3 is 18.2 Å². The number of aromatic nitrogens is 2. The molecule has 10 heteroatoms. The smallest absolute Gasteiger partial charge is 0.433 e. The number of ether oxygens (including phenoxy) is 1. The van der Waals surface area contributed by atoms with Crippen molar-refractivity contribution in [1.82, 2.24) is 15.5 Å². The third kappa shape index (κ3) is 5.23. The first kappa shape index (κ1) is 19.3. The molecule has 1 aromatic heterocycles. The molecule has 2 rings (SSSR count). The molecule has 140 valence electrons. The Kier molecular flexibility index (Phi) is 6.21. The zero-order valence-electron chi connectivity index (χ0n) is 13.4. The second-order valence-electron chi connectivity index (χ2n) is 5.37. The predicted octanol–water partition coefficient (Wildman–Crippen LogP) is 2.91. The monoisotopic (exact) mass is 371 g/mol. The highest BCUT2D eigenvalue weighted by atomic mass is 19.4. The molecule has 1 aromatic carbocycles. The minimum absolute atomic E-state index is 0.0228. The second kappa shape index (κ2) is 8.37. The normalized spacial score (nSPS) is 12.4. The molecule has 0 saturated carbocycles. The number of alkyl halides is 3. The summed E-state index contributed by atoms with van der Waals surface area (Å²) in [6, 6.07) is 8.87. The van der Waals surface area contributed by atoms with Crippen molar-refractivity contribution in [1.29, 1.82) is 0 Å². The number of carboxylic acid groups (broad SMARTS) is 1. The molecular weight excluding hydrogens is 355 g/mol. The van der Waals surface area contributed by atoms with Gasteiger partial charge in [0.1, 0.15) is 12.3 Å². The van der Waals surface area contributed by atoms with Crippen LogP contribution in [0.4, 0.5) is 18.0 Å². The summed E-state index contributed by atoms with van der Waals surface area (Å²) in [7, 11) is 0. The first-order valence-corrected chi connectivity index (χ1v) is 7.57. The first-order valence-electron chi connectivity index (χ1n) is 7.57. The molecule has 0 aliphatic rings. The van der Waals surface area contributed by atoms with Crippen LogP contribution in [0.1, 0.15) is 29.2 Å². The van der Waals surface area contributed by atoms with E-state index in [9.17, 15) is 27.9 Å². The van der Waals surface area contributed by atoms with Crippen LogP contribution >= 0.6 is 0 Å². The fourth-order valence-corrected chi connectivity index (χ4v) is 2.29. The number of carbonyl (C=O) groups excluding carboxylic acids is 1. The molecule has 1 heterocycles. The van der Waals surface area contributed by atoms with Crippen molar-refractivity contribution in [3.05, 3.63) is 53.3 Å². The van der Waals surface area contributed by atoms with E-state index in [0.29, 0.717) is 0 Å². The van der Waals surface area contributed by atoms with Gasteiger partial charge in [0.15, 0.2) is 0 Å². The Morgan fingerprint density at radius 2 is 1.96 bits per heavy atom. The largest absolute Gasteiger partial charge is 0.481 e. The number of carbonyl (C=O) groups is 2. The van der Waals surface area contributed by atoms with Crippen LogP contribution in [0.15, 0.2) is 36.5 Å². The van der Waals surface area contributed by atoms with Crippen molar-refractivity contribution in [2.24, 2.45) is 0 Å². The number of aliphatic carboxylic acids is 1. The van der Waals surface area contributed by atoms with Gasteiger partial charge in [-0.2, -0.15) is 18.3 Å². The summed E-state index contributed by atoms with van der Waals surface area (Å²) in [5.74, 6) is -2.92. The molecule has 26 heavy (non-hydrogen) atoms. The average Bonchev–Trinajstić information content (AvgIpc) is 3.07. The quantitative estimate of drug-likeness (QED) is 0.694. The van der Waals surface area contributed by atoms with E-state index in [-0.39, 0.29) is 19.6 Å². The standard InChI is InChI=1S/C16H16F3N3O4/c17-16(18,19)13-12(8-21-22-13)11(14(23)24)6-7-20-15(25)26-9-10-4-2-1-3-5-10/h1-5,8,11H,6-7,9H2,(H,20,25)(H,21,22)(H,23,24). The summed E-state index contributed by atoms with van der Waals surface area (Å²) in [4.78, 5) is 22.9. The lowest BCUT2D eigenvalue weighted by Crippen LogP contribution is -2.28. The summed E-state index contributed by atoms with van der Waals surface area (Å²) < 4.78 is 43.5. The molecule has 1 atom stereocenters. The van der Waals surface area contributed by atoms with Crippen LogP contribution in [-0.4, -0.2) is 33.9 Å². The minimum Gasteiger partial charge on any atom is -0.481 e. The second-order valence-corrected chi connectivity index (χ2v) is 5.37. The number of halogens is 3. The van der Waals surface area contributed by atoms with E-state index in [1.807, 2.05) is 0 Å². The molecule has 7 nitrogen and oxygen atoms in total. The number of hydrogen-bond donors (Lipinski definition) is 3. The number of amides is 1. The number of aromatic amines is 1. The number of nitrogens with one attached hydrogen (secondary N) is 2. The molecular formula is C16H16F3N3O4. The average molecular weight is 371 g/mol. The summed E-state index contributed by atoms with van der Waals surface area (Å²) >= 11 is 0. The fraction of sp³-hybridized carbons (Fsp3) is 0.312. The Labute approximate surface area is 146 Å². The topological polar surface area (TPSA) is 104 Å². The Hall–Kier alpha value is -3.04. The van der Waals surface area contributed by atoms with Crippen LogP contribution < -0.4 is 5.32 Å². The maximum Gasteiger partial charge on any atom is 0.433 e. The number of hydrogen-bond acceptors (Lipinski definition) is 4. The van der Waals surface area contributed by atoms with Crippen molar-refractivity contribution >= 4 is 12.1 Å². The van der Waals surface area contributed by atoms with Gasteiger partial charge in [0.2, 0.25) is 0 Å². The number of rotatable bonds is 7. The lowest BCUT2D eigenvalue weighted by molar-refractivity contribution is -0.143. The highest BCUT2D eigenvalue weighted by Gasteiger charge is 2.39. The molecule has 0 aliphatic heterocycles. The van der Waals surface area contributed by atoms with Crippen molar-refractivity contribution in [2.75, 3.05) is 6.54 Å². The molecule has 1 unspecified atom stereocenters. The molecule has 0 radical (unpaired) electrons. The van der Waals surface area contributed by atoms with Crippen LogP contribution in [-0.2, 0) is 22.3 Å². The van der Waals surface area contributed by atoms with E-state index in [4.69, 9.17) is 4.74 Å². The van der Waals surface area contributed by atoms with Gasteiger partial charge in [0, 0.05) is 12.1 Å². The van der Waals surface area contributed by atoms with Crippen molar-refractivity contribution in [2.45, 2.75) is 25.1 Å². The third-order valence-corrected chi connectivity index (χ3v) is 3.54. The lowest BCUT2D eigenvalue weighted by atomic mass is 9.96. The SMILES string of the molecule is O=C(NCCC(C(=O)O)c1cn[nH]c1C(F)(F)F)OCc1ccccc1. The fourth-order valence-electron chi connectivity index (χ4n) is 2.29. The van der Waals surface area contributed by atoms with Crippen LogP contribution in [0.3, 0.4) is 0 Å². The maximum atomic E-state index is 12.9. The van der Waals surface area contributed by atoms with E-state index >= 15 is 0 Å². The van der Waals surface area contributed by atoms with Crippen LogP contribution in [0.25, 0.3) is 0 Å². The molecule has 0 aliphatic carbocycles. The van der Waals surface area contributed by atoms with Gasteiger partial charge in [-0.3, -0.25) is 9.89 Å². The molecule has 0 saturated heterocycles. The lowest BCUT2D eigenvalue weighted by Gasteiger charge is -2.14.